The third-order valence-electron chi connectivity index (χ3n) is 3.56. The number of carbonyl (C=O) groups is 1. The van der Waals surface area contributed by atoms with E-state index in [2.05, 4.69) is 9.97 Å². The molecule has 0 spiro atoms. The van der Waals surface area contributed by atoms with Crippen LogP contribution in [-0.4, -0.2) is 34.1 Å². The number of para-hydroxylation sites is 2. The number of rotatable bonds is 2. The van der Waals surface area contributed by atoms with E-state index in [-0.39, 0.29) is 5.92 Å². The summed E-state index contributed by atoms with van der Waals surface area (Å²) in [5.41, 5.74) is 2.57. The Morgan fingerprint density at radius 2 is 2.00 bits per heavy atom. The first-order valence-corrected chi connectivity index (χ1v) is 6.36. The molecule has 3 rings (SSSR count). The molecule has 1 saturated heterocycles. The molecule has 0 saturated carbocycles. The van der Waals surface area contributed by atoms with Crippen LogP contribution in [0.25, 0.3) is 11.0 Å². The van der Waals surface area contributed by atoms with E-state index in [4.69, 9.17) is 5.11 Å². The maximum Gasteiger partial charge on any atom is 0.308 e. The third kappa shape index (κ3) is 2.12. The standard InChI is InChI=1S/C14H15N3O2/c1-9-13(17-7-6-10(8-17)14(18)19)16-12-5-3-2-4-11(12)15-9/h2-5,10H,6-8H2,1H3,(H,18,19). The maximum absolute atomic E-state index is 11.0. The fourth-order valence-corrected chi connectivity index (χ4v) is 2.53. The molecule has 0 radical (unpaired) electrons. The molecule has 0 aliphatic carbocycles. The van der Waals surface area contributed by atoms with Crippen LogP contribution >= 0.6 is 0 Å². The van der Waals surface area contributed by atoms with Crippen LogP contribution in [0, 0.1) is 12.8 Å². The Morgan fingerprint density at radius 3 is 2.63 bits per heavy atom. The average molecular weight is 257 g/mol. The van der Waals surface area contributed by atoms with Crippen molar-refractivity contribution < 1.29 is 9.90 Å². The number of aromatic nitrogens is 2. The topological polar surface area (TPSA) is 66.3 Å². The van der Waals surface area contributed by atoms with Gasteiger partial charge in [-0.05, 0) is 25.5 Å². The van der Waals surface area contributed by atoms with Gasteiger partial charge in [-0.2, -0.15) is 0 Å². The molecule has 1 N–H and O–H groups in total. The van der Waals surface area contributed by atoms with Crippen molar-refractivity contribution in [2.45, 2.75) is 13.3 Å². The molecular weight excluding hydrogens is 242 g/mol. The predicted octanol–water partition coefficient (Wildman–Crippen LogP) is 1.85. The number of hydrogen-bond acceptors (Lipinski definition) is 4. The van der Waals surface area contributed by atoms with Crippen molar-refractivity contribution in [3.05, 3.63) is 30.0 Å². The zero-order chi connectivity index (χ0) is 13.4. The van der Waals surface area contributed by atoms with Crippen LogP contribution in [-0.2, 0) is 4.79 Å². The highest BCUT2D eigenvalue weighted by molar-refractivity contribution is 5.77. The number of fused-ring (bicyclic) bond motifs is 1. The van der Waals surface area contributed by atoms with Gasteiger partial charge in [0, 0.05) is 13.1 Å². The van der Waals surface area contributed by atoms with Crippen molar-refractivity contribution in [3.8, 4) is 0 Å². The Kier molecular flexibility index (Phi) is 2.81. The molecule has 5 nitrogen and oxygen atoms in total. The minimum absolute atomic E-state index is 0.298. The van der Waals surface area contributed by atoms with Crippen molar-refractivity contribution in [2.75, 3.05) is 18.0 Å². The fourth-order valence-electron chi connectivity index (χ4n) is 2.53. The van der Waals surface area contributed by atoms with Gasteiger partial charge in [0.05, 0.1) is 22.6 Å². The summed E-state index contributed by atoms with van der Waals surface area (Å²) in [6, 6.07) is 7.73. The summed E-state index contributed by atoms with van der Waals surface area (Å²) in [6.45, 7) is 3.16. The molecule has 0 bridgehead atoms. The number of carboxylic acids is 1. The van der Waals surface area contributed by atoms with E-state index in [1.807, 2.05) is 36.1 Å². The largest absolute Gasteiger partial charge is 0.481 e. The van der Waals surface area contributed by atoms with Crippen LogP contribution in [0.1, 0.15) is 12.1 Å². The first kappa shape index (κ1) is 11.9. The minimum atomic E-state index is -0.728. The molecule has 0 amide bonds. The van der Waals surface area contributed by atoms with Gasteiger partial charge in [0.25, 0.3) is 0 Å². The molecule has 1 aromatic carbocycles. The first-order chi connectivity index (χ1) is 9.15. The van der Waals surface area contributed by atoms with Crippen LogP contribution in [0.3, 0.4) is 0 Å². The summed E-state index contributed by atoms with van der Waals surface area (Å²) in [7, 11) is 0. The number of benzene rings is 1. The highest BCUT2D eigenvalue weighted by atomic mass is 16.4. The van der Waals surface area contributed by atoms with E-state index in [9.17, 15) is 4.79 Å². The monoisotopic (exact) mass is 257 g/mol. The van der Waals surface area contributed by atoms with E-state index in [0.29, 0.717) is 13.0 Å². The number of aliphatic carboxylic acids is 1. The van der Waals surface area contributed by atoms with Gasteiger partial charge in [-0.3, -0.25) is 4.79 Å². The third-order valence-corrected chi connectivity index (χ3v) is 3.56. The zero-order valence-corrected chi connectivity index (χ0v) is 10.7. The lowest BCUT2D eigenvalue weighted by molar-refractivity contribution is -0.140. The highest BCUT2D eigenvalue weighted by Gasteiger charge is 2.29. The van der Waals surface area contributed by atoms with Crippen molar-refractivity contribution in [1.82, 2.24) is 9.97 Å². The Balaban J connectivity index is 1.97. The fraction of sp³-hybridized carbons (Fsp3) is 0.357. The first-order valence-electron chi connectivity index (χ1n) is 6.36. The molecule has 1 aromatic heterocycles. The number of hydrogen-bond donors (Lipinski definition) is 1. The van der Waals surface area contributed by atoms with E-state index < -0.39 is 5.97 Å². The summed E-state index contributed by atoms with van der Waals surface area (Å²) in [6.07, 6.45) is 0.670. The summed E-state index contributed by atoms with van der Waals surface area (Å²) in [4.78, 5) is 22.2. The molecule has 1 aliphatic heterocycles. The Bertz CT molecular complexity index is 642. The van der Waals surface area contributed by atoms with Gasteiger partial charge in [0.15, 0.2) is 5.82 Å². The average Bonchev–Trinajstić information content (AvgIpc) is 2.87. The molecule has 5 heteroatoms. The second kappa shape index (κ2) is 4.50. The van der Waals surface area contributed by atoms with Gasteiger partial charge < -0.3 is 10.0 Å². The number of aryl methyl sites for hydroxylation is 1. The molecule has 1 unspecified atom stereocenters. The van der Waals surface area contributed by atoms with Gasteiger partial charge in [-0.1, -0.05) is 12.1 Å². The quantitative estimate of drug-likeness (QED) is 0.889. The molecule has 1 atom stereocenters. The molecule has 19 heavy (non-hydrogen) atoms. The van der Waals surface area contributed by atoms with Crippen LogP contribution < -0.4 is 4.90 Å². The SMILES string of the molecule is Cc1nc2ccccc2nc1N1CCC(C(=O)O)C1. The number of anilines is 1. The van der Waals surface area contributed by atoms with Crippen LogP contribution in [0.4, 0.5) is 5.82 Å². The maximum atomic E-state index is 11.0. The predicted molar refractivity (Wildman–Crippen MR) is 72.2 cm³/mol. The lowest BCUT2D eigenvalue weighted by atomic mass is 10.1. The Hall–Kier alpha value is -2.17. The number of nitrogens with zero attached hydrogens (tertiary/aromatic N) is 3. The van der Waals surface area contributed by atoms with Gasteiger partial charge in [-0.25, -0.2) is 9.97 Å². The van der Waals surface area contributed by atoms with Crippen LogP contribution in [0.15, 0.2) is 24.3 Å². The zero-order valence-electron chi connectivity index (χ0n) is 10.7. The molecule has 2 heterocycles. The number of carboxylic acid groups (broad SMARTS) is 1. The van der Waals surface area contributed by atoms with Gasteiger partial charge >= 0.3 is 5.97 Å². The Labute approximate surface area is 110 Å². The molecule has 2 aromatic rings. The van der Waals surface area contributed by atoms with E-state index in [1.165, 1.54) is 0 Å². The summed E-state index contributed by atoms with van der Waals surface area (Å²) < 4.78 is 0. The van der Waals surface area contributed by atoms with E-state index >= 15 is 0 Å². The highest BCUT2D eigenvalue weighted by Crippen LogP contribution is 2.26. The lowest BCUT2D eigenvalue weighted by Gasteiger charge is -2.19. The van der Waals surface area contributed by atoms with Gasteiger partial charge in [0.1, 0.15) is 0 Å². The summed E-state index contributed by atoms with van der Waals surface area (Å²) in [5.74, 6) is -0.218. The van der Waals surface area contributed by atoms with Crippen molar-refractivity contribution in [3.63, 3.8) is 0 Å². The van der Waals surface area contributed by atoms with Crippen molar-refractivity contribution in [2.24, 2.45) is 5.92 Å². The normalized spacial score (nSPS) is 19.0. The summed E-state index contributed by atoms with van der Waals surface area (Å²) >= 11 is 0. The molecule has 1 aliphatic rings. The van der Waals surface area contributed by atoms with E-state index in [1.54, 1.807) is 0 Å². The Morgan fingerprint density at radius 1 is 1.32 bits per heavy atom. The molecular formula is C14H15N3O2. The lowest BCUT2D eigenvalue weighted by Crippen LogP contribution is -2.24. The van der Waals surface area contributed by atoms with Crippen LogP contribution in [0.2, 0.25) is 0 Å². The smallest absolute Gasteiger partial charge is 0.308 e. The second-order valence-electron chi connectivity index (χ2n) is 4.89. The van der Waals surface area contributed by atoms with Crippen molar-refractivity contribution in [1.29, 1.82) is 0 Å². The van der Waals surface area contributed by atoms with Crippen molar-refractivity contribution >= 4 is 22.8 Å². The minimum Gasteiger partial charge on any atom is -0.481 e. The van der Waals surface area contributed by atoms with Gasteiger partial charge in [-0.15, -0.1) is 0 Å². The van der Waals surface area contributed by atoms with Crippen LogP contribution in [0.5, 0.6) is 0 Å². The molecule has 1 fully saturated rings. The van der Waals surface area contributed by atoms with Gasteiger partial charge in [0.2, 0.25) is 0 Å². The van der Waals surface area contributed by atoms with E-state index in [0.717, 1.165) is 29.1 Å². The second-order valence-corrected chi connectivity index (χ2v) is 4.89. The molecule has 98 valence electrons. The summed E-state index contributed by atoms with van der Waals surface area (Å²) in [5, 5.41) is 9.06.